The lowest BCUT2D eigenvalue weighted by Gasteiger charge is -1.98. The Morgan fingerprint density at radius 1 is 1.50 bits per heavy atom. The largest absolute Gasteiger partial charge is 0.459 e. The minimum Gasteiger partial charge on any atom is -0.459 e. The highest BCUT2D eigenvalue weighted by molar-refractivity contribution is 5.69. The highest BCUT2D eigenvalue weighted by atomic mass is 16.5. The van der Waals surface area contributed by atoms with Crippen LogP contribution in [0.25, 0.3) is 0 Å². The van der Waals surface area contributed by atoms with Crippen LogP contribution in [0.2, 0.25) is 0 Å². The summed E-state index contributed by atoms with van der Waals surface area (Å²) in [7, 11) is 0. The second kappa shape index (κ2) is 6.59. The topological polar surface area (TPSA) is 26.3 Å². The first-order valence-corrected chi connectivity index (χ1v) is 3.78. The molecule has 0 atom stereocenters. The van der Waals surface area contributed by atoms with Crippen LogP contribution in [0.4, 0.5) is 0 Å². The highest BCUT2D eigenvalue weighted by Crippen LogP contribution is 2.00. The monoisotopic (exact) mass is 143 g/mol. The van der Waals surface area contributed by atoms with Crippen molar-refractivity contribution < 1.29 is 9.53 Å². The predicted octanol–water partition coefficient (Wildman–Crippen LogP) is 2.29. The number of carbonyl (C=O) groups excluding carboxylic acids is 1. The van der Waals surface area contributed by atoms with E-state index in [4.69, 9.17) is 0 Å². The number of esters is 1. The first-order valence-electron chi connectivity index (χ1n) is 3.78. The third kappa shape index (κ3) is 5.60. The smallest absolute Gasteiger partial charge is 0.306 e. The summed E-state index contributed by atoms with van der Waals surface area (Å²) in [6.45, 7) is 5.24. The molecule has 0 N–H and O–H groups in total. The van der Waals surface area contributed by atoms with Gasteiger partial charge in [-0.15, -0.1) is 0 Å². The van der Waals surface area contributed by atoms with Gasteiger partial charge >= 0.3 is 5.97 Å². The number of rotatable bonds is 5. The lowest BCUT2D eigenvalue weighted by Crippen LogP contribution is -1.99. The predicted molar refractivity (Wildman–Crippen MR) is 40.2 cm³/mol. The second-order valence-electron chi connectivity index (χ2n) is 2.18. The Labute approximate surface area is 62.6 Å². The molecule has 0 aromatic carbocycles. The van der Waals surface area contributed by atoms with Gasteiger partial charge in [-0.3, -0.25) is 4.79 Å². The Morgan fingerprint density at radius 3 is 2.70 bits per heavy atom. The summed E-state index contributed by atoms with van der Waals surface area (Å²) in [5.41, 5.74) is 0. The molecule has 0 spiro atoms. The van der Waals surface area contributed by atoms with Crippen LogP contribution >= 0.6 is 0 Å². The molecule has 0 unspecified atom stereocenters. The van der Waals surface area contributed by atoms with Crippen molar-refractivity contribution >= 4 is 5.97 Å². The molecule has 0 bridgehead atoms. The third-order valence-electron chi connectivity index (χ3n) is 1.23. The van der Waals surface area contributed by atoms with E-state index >= 15 is 0 Å². The van der Waals surface area contributed by atoms with Crippen LogP contribution in [0.1, 0.15) is 39.5 Å². The van der Waals surface area contributed by atoms with Crippen LogP contribution in [0.3, 0.4) is 0 Å². The summed E-state index contributed by atoms with van der Waals surface area (Å²) in [4.78, 5) is 10.7. The summed E-state index contributed by atoms with van der Waals surface area (Å²) in [6.07, 6.45) is 3.75. The van der Waals surface area contributed by atoms with Crippen molar-refractivity contribution in [3.63, 3.8) is 0 Å². The van der Waals surface area contributed by atoms with Gasteiger partial charge in [0.05, 0.1) is 0 Å². The van der Waals surface area contributed by atoms with Crippen LogP contribution in [0.5, 0.6) is 0 Å². The molecule has 0 aliphatic heterocycles. The summed E-state index contributed by atoms with van der Waals surface area (Å²) in [5, 5.41) is 0. The zero-order valence-electron chi connectivity index (χ0n) is 6.72. The van der Waals surface area contributed by atoms with Crippen molar-refractivity contribution in [1.29, 1.82) is 0 Å². The van der Waals surface area contributed by atoms with E-state index in [0.29, 0.717) is 6.42 Å². The molecule has 1 radical (unpaired) electrons. The van der Waals surface area contributed by atoms with E-state index in [9.17, 15) is 4.79 Å². The van der Waals surface area contributed by atoms with Crippen LogP contribution in [0, 0.1) is 6.61 Å². The van der Waals surface area contributed by atoms with E-state index < -0.39 is 0 Å². The third-order valence-corrected chi connectivity index (χ3v) is 1.23. The first kappa shape index (κ1) is 9.47. The molecule has 0 aliphatic carbocycles. The van der Waals surface area contributed by atoms with Crippen molar-refractivity contribution in [2.45, 2.75) is 39.5 Å². The number of hydrogen-bond acceptors (Lipinski definition) is 2. The molecule has 0 aromatic heterocycles. The fourth-order valence-electron chi connectivity index (χ4n) is 0.710. The van der Waals surface area contributed by atoms with Gasteiger partial charge in [-0.1, -0.05) is 19.8 Å². The Bertz CT molecular complexity index is 89.3. The molecular formula is C8H15O2. The normalized spacial score (nSPS) is 9.40. The average molecular weight is 143 g/mol. The molecule has 0 amide bonds. The first-order chi connectivity index (χ1) is 4.81. The molecule has 0 fully saturated rings. The fourth-order valence-corrected chi connectivity index (χ4v) is 0.710. The van der Waals surface area contributed by atoms with Crippen molar-refractivity contribution in [1.82, 2.24) is 0 Å². The summed E-state index contributed by atoms with van der Waals surface area (Å²) in [6, 6.07) is 0. The van der Waals surface area contributed by atoms with Gasteiger partial charge in [0, 0.05) is 6.42 Å². The molecule has 0 aliphatic rings. The Morgan fingerprint density at radius 2 is 2.20 bits per heavy atom. The van der Waals surface area contributed by atoms with E-state index in [1.54, 1.807) is 6.92 Å². The van der Waals surface area contributed by atoms with E-state index in [0.717, 1.165) is 19.3 Å². The highest BCUT2D eigenvalue weighted by Gasteiger charge is 1.98. The van der Waals surface area contributed by atoms with E-state index in [1.165, 1.54) is 6.61 Å². The number of unbranched alkanes of at least 4 members (excludes halogenated alkanes) is 2. The van der Waals surface area contributed by atoms with Gasteiger partial charge in [0.25, 0.3) is 0 Å². The van der Waals surface area contributed by atoms with Crippen LogP contribution in [-0.2, 0) is 9.53 Å². The van der Waals surface area contributed by atoms with Gasteiger partial charge in [0.15, 0.2) is 0 Å². The van der Waals surface area contributed by atoms with Gasteiger partial charge in [-0.25, -0.2) is 0 Å². The van der Waals surface area contributed by atoms with Gasteiger partial charge in [-0.2, -0.15) is 0 Å². The maximum absolute atomic E-state index is 10.7. The Balaban J connectivity index is 3.05. The molecule has 0 heterocycles. The maximum Gasteiger partial charge on any atom is 0.306 e. The van der Waals surface area contributed by atoms with E-state index in [2.05, 4.69) is 11.7 Å². The second-order valence-corrected chi connectivity index (χ2v) is 2.18. The van der Waals surface area contributed by atoms with Gasteiger partial charge < -0.3 is 4.74 Å². The molecule has 0 aromatic rings. The van der Waals surface area contributed by atoms with Crippen LogP contribution < -0.4 is 0 Å². The molecule has 10 heavy (non-hydrogen) atoms. The number of ether oxygens (including phenoxy) is 1. The molecular weight excluding hydrogens is 128 g/mol. The van der Waals surface area contributed by atoms with Crippen molar-refractivity contribution in [2.75, 3.05) is 0 Å². The number of carbonyl (C=O) groups is 1. The lowest BCUT2D eigenvalue weighted by atomic mass is 10.2. The van der Waals surface area contributed by atoms with Crippen molar-refractivity contribution in [3.05, 3.63) is 6.61 Å². The standard InChI is InChI=1S/C8H15O2/c1-3-5-6-7-8(9)10-4-2/h4H,3,5-7H2,1-2H3. The fraction of sp³-hybridized carbons (Fsp3) is 0.750. The zero-order chi connectivity index (χ0) is 7.82. The molecule has 0 saturated carbocycles. The summed E-state index contributed by atoms with van der Waals surface area (Å²) >= 11 is 0. The lowest BCUT2D eigenvalue weighted by molar-refractivity contribution is -0.140. The van der Waals surface area contributed by atoms with E-state index in [1.807, 2.05) is 0 Å². The molecule has 0 saturated heterocycles. The van der Waals surface area contributed by atoms with Crippen LogP contribution in [-0.4, -0.2) is 5.97 Å². The maximum atomic E-state index is 10.7. The molecule has 59 valence electrons. The van der Waals surface area contributed by atoms with Gasteiger partial charge in [0.1, 0.15) is 6.61 Å². The molecule has 0 rings (SSSR count). The Kier molecular flexibility index (Phi) is 6.24. The minimum absolute atomic E-state index is 0.115. The van der Waals surface area contributed by atoms with Crippen LogP contribution in [0.15, 0.2) is 0 Å². The van der Waals surface area contributed by atoms with Crippen molar-refractivity contribution in [2.24, 2.45) is 0 Å². The van der Waals surface area contributed by atoms with E-state index in [-0.39, 0.29) is 5.97 Å². The Hall–Kier alpha value is -0.530. The van der Waals surface area contributed by atoms with Gasteiger partial charge in [-0.05, 0) is 13.3 Å². The SMILES string of the molecule is C[CH]OC(=O)CCCCC. The molecule has 2 nitrogen and oxygen atoms in total. The molecule has 2 heteroatoms. The average Bonchev–Trinajstić information content (AvgIpc) is 1.89. The number of hydrogen-bond donors (Lipinski definition) is 0. The summed E-state index contributed by atoms with van der Waals surface area (Å²) < 4.78 is 4.62. The van der Waals surface area contributed by atoms with Gasteiger partial charge in [0.2, 0.25) is 0 Å². The quantitative estimate of drug-likeness (QED) is 0.436. The van der Waals surface area contributed by atoms with Crippen molar-refractivity contribution in [3.8, 4) is 0 Å². The zero-order valence-corrected chi connectivity index (χ0v) is 6.72. The minimum atomic E-state index is -0.115. The summed E-state index contributed by atoms with van der Waals surface area (Å²) in [5.74, 6) is -0.115.